The van der Waals surface area contributed by atoms with E-state index in [0.717, 1.165) is 0 Å². The maximum atomic E-state index is 11.7. The Kier molecular flexibility index (Phi) is 14.9. The summed E-state index contributed by atoms with van der Waals surface area (Å²) in [6.07, 6.45) is 2.99. The smallest absolute Gasteiger partial charge is 0.306 e. The highest BCUT2D eigenvalue weighted by Gasteiger charge is 2.18. The molecular weight excluding hydrogens is 366 g/mol. The number of rotatable bonds is 14. The van der Waals surface area contributed by atoms with E-state index in [2.05, 4.69) is 29.2 Å². The summed E-state index contributed by atoms with van der Waals surface area (Å²) in [7, 11) is 0. The Bertz CT molecular complexity index is 649. The standard InChI is InChI=1S/C20H27NO7/c1-16(23)14-17(20(26)27)10-6-5-7-11-18(24)15-28-21-19(25)12-8-3-2-4-9-13-22/h17,22H,5-8,10-15H2,1H3,(H,21,25)(H,26,27). The molecule has 0 aromatic heterocycles. The lowest BCUT2D eigenvalue weighted by atomic mass is 9.96. The van der Waals surface area contributed by atoms with Gasteiger partial charge >= 0.3 is 5.97 Å². The molecule has 0 fully saturated rings. The van der Waals surface area contributed by atoms with Crippen LogP contribution in [0.4, 0.5) is 0 Å². The largest absolute Gasteiger partial charge is 0.481 e. The summed E-state index contributed by atoms with van der Waals surface area (Å²) < 4.78 is 0. The molecule has 0 aromatic rings. The Labute approximate surface area is 165 Å². The molecule has 0 rings (SSSR count). The molecule has 1 unspecified atom stereocenters. The fourth-order valence-electron chi connectivity index (χ4n) is 2.24. The fraction of sp³-hybridized carbons (Fsp3) is 0.600. The Morgan fingerprint density at radius 2 is 1.75 bits per heavy atom. The summed E-state index contributed by atoms with van der Waals surface area (Å²) in [4.78, 5) is 50.0. The number of hydrogen-bond acceptors (Lipinski definition) is 6. The van der Waals surface area contributed by atoms with Gasteiger partial charge < -0.3 is 15.0 Å². The van der Waals surface area contributed by atoms with Crippen molar-refractivity contribution >= 4 is 23.4 Å². The van der Waals surface area contributed by atoms with Crippen LogP contribution in [-0.4, -0.2) is 46.9 Å². The van der Waals surface area contributed by atoms with E-state index in [1.165, 1.54) is 6.92 Å². The average molecular weight is 393 g/mol. The summed E-state index contributed by atoms with van der Waals surface area (Å²) >= 11 is 0. The molecule has 0 aliphatic heterocycles. The molecule has 0 heterocycles. The monoisotopic (exact) mass is 393 g/mol. The van der Waals surface area contributed by atoms with E-state index in [9.17, 15) is 19.2 Å². The van der Waals surface area contributed by atoms with Gasteiger partial charge in [-0.3, -0.25) is 19.2 Å². The number of carboxylic acids is 1. The molecule has 0 aliphatic carbocycles. The number of aliphatic hydroxyl groups excluding tert-OH is 1. The van der Waals surface area contributed by atoms with E-state index >= 15 is 0 Å². The molecule has 8 heteroatoms. The highest BCUT2D eigenvalue weighted by Crippen LogP contribution is 2.15. The lowest BCUT2D eigenvalue weighted by molar-refractivity contribution is -0.144. The molecule has 0 radical (unpaired) electrons. The zero-order chi connectivity index (χ0) is 21.2. The molecule has 0 bridgehead atoms. The van der Waals surface area contributed by atoms with Crippen molar-refractivity contribution in [2.24, 2.45) is 5.92 Å². The minimum absolute atomic E-state index is 0.0312. The molecule has 0 aromatic carbocycles. The van der Waals surface area contributed by atoms with Crippen LogP contribution >= 0.6 is 0 Å². The third-order valence-electron chi connectivity index (χ3n) is 3.61. The molecule has 28 heavy (non-hydrogen) atoms. The summed E-state index contributed by atoms with van der Waals surface area (Å²) in [5.74, 6) is 7.52. The normalized spacial score (nSPS) is 10.6. The first-order valence-electron chi connectivity index (χ1n) is 9.08. The Hall–Kier alpha value is -2.68. The van der Waals surface area contributed by atoms with Gasteiger partial charge in [0.2, 0.25) is 5.91 Å². The summed E-state index contributed by atoms with van der Waals surface area (Å²) in [5, 5.41) is 17.5. The number of carbonyl (C=O) groups is 4. The van der Waals surface area contributed by atoms with Gasteiger partial charge in [-0.15, -0.1) is 0 Å². The van der Waals surface area contributed by atoms with E-state index in [4.69, 9.17) is 15.1 Å². The molecule has 8 nitrogen and oxygen atoms in total. The highest BCUT2D eigenvalue weighted by molar-refractivity contribution is 5.82. The van der Waals surface area contributed by atoms with Crippen molar-refractivity contribution in [3.05, 3.63) is 0 Å². The minimum Gasteiger partial charge on any atom is -0.481 e. The molecule has 154 valence electrons. The number of amides is 1. The molecule has 0 saturated carbocycles. The maximum Gasteiger partial charge on any atom is 0.306 e. The van der Waals surface area contributed by atoms with E-state index in [0.29, 0.717) is 25.7 Å². The zero-order valence-electron chi connectivity index (χ0n) is 16.1. The van der Waals surface area contributed by atoms with Gasteiger partial charge in [-0.25, -0.2) is 5.48 Å². The number of carbonyl (C=O) groups excluding carboxylic acids is 3. The van der Waals surface area contributed by atoms with Crippen LogP contribution in [0.3, 0.4) is 0 Å². The number of unbranched alkanes of at least 4 members (excludes halogenated alkanes) is 2. The van der Waals surface area contributed by atoms with Crippen molar-refractivity contribution in [2.75, 3.05) is 13.2 Å². The van der Waals surface area contributed by atoms with Crippen LogP contribution in [0.5, 0.6) is 0 Å². The molecule has 0 spiro atoms. The summed E-state index contributed by atoms with van der Waals surface area (Å²) in [6.45, 7) is 0.871. The van der Waals surface area contributed by atoms with E-state index in [1.54, 1.807) is 0 Å². The van der Waals surface area contributed by atoms with E-state index in [-0.39, 0.29) is 50.5 Å². The summed E-state index contributed by atoms with van der Waals surface area (Å²) in [6, 6.07) is 0. The van der Waals surface area contributed by atoms with Gasteiger partial charge in [-0.1, -0.05) is 24.7 Å². The second-order valence-electron chi connectivity index (χ2n) is 6.15. The maximum absolute atomic E-state index is 11.7. The zero-order valence-corrected chi connectivity index (χ0v) is 16.1. The van der Waals surface area contributed by atoms with E-state index < -0.39 is 17.8 Å². The predicted molar refractivity (Wildman–Crippen MR) is 100 cm³/mol. The number of aliphatic carboxylic acids is 1. The molecule has 1 amide bonds. The number of hydroxylamine groups is 1. The van der Waals surface area contributed by atoms with Crippen molar-refractivity contribution in [3.63, 3.8) is 0 Å². The number of nitrogens with one attached hydrogen (secondary N) is 1. The van der Waals surface area contributed by atoms with Gasteiger partial charge in [0.1, 0.15) is 19.0 Å². The van der Waals surface area contributed by atoms with Gasteiger partial charge in [-0.05, 0) is 31.6 Å². The van der Waals surface area contributed by atoms with Crippen LogP contribution in [0.1, 0.15) is 58.3 Å². The van der Waals surface area contributed by atoms with Gasteiger partial charge in [0.25, 0.3) is 0 Å². The number of hydrogen-bond donors (Lipinski definition) is 3. The van der Waals surface area contributed by atoms with Crippen LogP contribution in [0.2, 0.25) is 0 Å². The Balaban J connectivity index is 3.76. The van der Waals surface area contributed by atoms with Crippen molar-refractivity contribution < 1.29 is 34.2 Å². The number of carboxylic acid groups (broad SMARTS) is 1. The molecule has 0 saturated heterocycles. The third kappa shape index (κ3) is 15.6. The van der Waals surface area contributed by atoms with Gasteiger partial charge in [0, 0.05) is 25.7 Å². The second kappa shape index (κ2) is 16.5. The van der Waals surface area contributed by atoms with Crippen molar-refractivity contribution in [1.82, 2.24) is 5.48 Å². The first-order valence-corrected chi connectivity index (χ1v) is 9.08. The molecule has 3 N–H and O–H groups in total. The van der Waals surface area contributed by atoms with Crippen LogP contribution in [0, 0.1) is 29.6 Å². The predicted octanol–water partition coefficient (Wildman–Crippen LogP) is 1.01. The van der Waals surface area contributed by atoms with Gasteiger partial charge in [0.05, 0.1) is 5.92 Å². The van der Waals surface area contributed by atoms with Crippen molar-refractivity contribution in [3.8, 4) is 23.7 Å². The number of aliphatic hydroxyl groups is 1. The van der Waals surface area contributed by atoms with Crippen molar-refractivity contribution in [1.29, 1.82) is 0 Å². The second-order valence-corrected chi connectivity index (χ2v) is 6.15. The topological polar surface area (TPSA) is 130 Å². The number of Topliss-reactive ketones (excluding diaryl/α,β-unsaturated/α-hetero) is 2. The highest BCUT2D eigenvalue weighted by atomic mass is 16.7. The van der Waals surface area contributed by atoms with Gasteiger partial charge in [-0.2, -0.15) is 0 Å². The minimum atomic E-state index is -0.973. The Morgan fingerprint density at radius 3 is 2.39 bits per heavy atom. The first-order chi connectivity index (χ1) is 13.4. The summed E-state index contributed by atoms with van der Waals surface area (Å²) in [5.41, 5.74) is 2.16. The van der Waals surface area contributed by atoms with Crippen LogP contribution in [-0.2, 0) is 24.0 Å². The quantitative estimate of drug-likeness (QED) is 0.228. The van der Waals surface area contributed by atoms with Crippen LogP contribution in [0.25, 0.3) is 0 Å². The number of ketones is 2. The lowest BCUT2D eigenvalue weighted by Crippen LogP contribution is -2.26. The van der Waals surface area contributed by atoms with Crippen LogP contribution in [0.15, 0.2) is 0 Å². The SMILES string of the molecule is CC(=O)CC(CCCCCC(=O)CONC(=O)CCC#CC#CCO)C(=O)O. The molecular formula is C20H27NO7. The van der Waals surface area contributed by atoms with E-state index in [1.807, 2.05) is 0 Å². The first kappa shape index (κ1) is 25.3. The molecule has 1 atom stereocenters. The van der Waals surface area contributed by atoms with Gasteiger partial charge in [0.15, 0.2) is 5.78 Å². The van der Waals surface area contributed by atoms with Crippen LogP contribution < -0.4 is 5.48 Å². The van der Waals surface area contributed by atoms with Crippen molar-refractivity contribution in [2.45, 2.75) is 58.3 Å². The lowest BCUT2D eigenvalue weighted by Gasteiger charge is -2.10. The Morgan fingerprint density at radius 1 is 1.04 bits per heavy atom. The fourth-order valence-corrected chi connectivity index (χ4v) is 2.24. The average Bonchev–Trinajstić information content (AvgIpc) is 2.62. The third-order valence-corrected chi connectivity index (χ3v) is 3.61. The molecule has 0 aliphatic rings.